The molecule has 0 unspecified atom stereocenters. The van der Waals surface area contributed by atoms with E-state index in [1.807, 2.05) is 44.3 Å². The molecule has 94 valence electrons. The first kappa shape index (κ1) is 13.2. The van der Waals surface area contributed by atoms with E-state index in [4.69, 9.17) is 11.6 Å². The first-order valence-corrected chi connectivity index (χ1v) is 6.90. The summed E-state index contributed by atoms with van der Waals surface area (Å²) in [5.41, 5.74) is 0. The highest BCUT2D eigenvalue weighted by atomic mass is 35.5. The largest absolute Gasteiger partial charge is 0.373 e. The zero-order valence-electron chi connectivity index (χ0n) is 10.3. The van der Waals surface area contributed by atoms with Crippen LogP contribution < -0.4 is 5.32 Å². The summed E-state index contributed by atoms with van der Waals surface area (Å²) in [6.07, 6.45) is 0.818. The second kappa shape index (κ2) is 6.07. The standard InChI is InChI=1S/C13H14ClN3S/c1-3-11-16-12(15-2)8-13(17-11)18-10-6-4-5-9(14)7-10/h4-8H,3H2,1-2H3,(H,15,16,17). The molecule has 1 aromatic carbocycles. The normalized spacial score (nSPS) is 10.4. The number of aryl methyl sites for hydroxylation is 1. The summed E-state index contributed by atoms with van der Waals surface area (Å²) >= 11 is 7.56. The van der Waals surface area contributed by atoms with Crippen molar-refractivity contribution in [2.45, 2.75) is 23.3 Å². The van der Waals surface area contributed by atoms with E-state index < -0.39 is 0 Å². The Kier molecular flexibility index (Phi) is 4.44. The van der Waals surface area contributed by atoms with Crippen LogP contribution in [-0.4, -0.2) is 17.0 Å². The summed E-state index contributed by atoms with van der Waals surface area (Å²) in [5, 5.41) is 4.71. The Morgan fingerprint density at radius 2 is 2.11 bits per heavy atom. The van der Waals surface area contributed by atoms with Crippen molar-refractivity contribution < 1.29 is 0 Å². The molecule has 0 saturated carbocycles. The molecule has 0 atom stereocenters. The first-order valence-electron chi connectivity index (χ1n) is 5.70. The molecule has 3 nitrogen and oxygen atoms in total. The number of nitrogens with zero attached hydrogens (tertiary/aromatic N) is 2. The van der Waals surface area contributed by atoms with E-state index >= 15 is 0 Å². The molecule has 18 heavy (non-hydrogen) atoms. The van der Waals surface area contributed by atoms with Crippen molar-refractivity contribution in [3.8, 4) is 0 Å². The van der Waals surface area contributed by atoms with Crippen molar-refractivity contribution in [3.63, 3.8) is 0 Å². The van der Waals surface area contributed by atoms with Gasteiger partial charge in [-0.15, -0.1) is 0 Å². The van der Waals surface area contributed by atoms with E-state index in [2.05, 4.69) is 15.3 Å². The zero-order valence-corrected chi connectivity index (χ0v) is 11.8. The number of halogens is 1. The summed E-state index contributed by atoms with van der Waals surface area (Å²) in [4.78, 5) is 9.94. The predicted molar refractivity (Wildman–Crippen MR) is 76.5 cm³/mol. The maximum Gasteiger partial charge on any atom is 0.131 e. The van der Waals surface area contributed by atoms with Crippen LogP contribution in [-0.2, 0) is 6.42 Å². The molecule has 0 aliphatic heterocycles. The molecule has 0 aliphatic rings. The third-order valence-corrected chi connectivity index (χ3v) is 3.48. The molecule has 0 amide bonds. The van der Waals surface area contributed by atoms with Crippen LogP contribution in [0.1, 0.15) is 12.7 Å². The van der Waals surface area contributed by atoms with Crippen LogP contribution in [0.2, 0.25) is 5.02 Å². The van der Waals surface area contributed by atoms with Crippen molar-refractivity contribution in [3.05, 3.63) is 41.2 Å². The van der Waals surface area contributed by atoms with Gasteiger partial charge in [0.2, 0.25) is 0 Å². The fourth-order valence-corrected chi connectivity index (χ4v) is 2.61. The Morgan fingerprint density at radius 3 is 2.78 bits per heavy atom. The van der Waals surface area contributed by atoms with Crippen molar-refractivity contribution in [1.29, 1.82) is 0 Å². The number of aromatic nitrogens is 2. The van der Waals surface area contributed by atoms with Crippen LogP contribution in [0.15, 0.2) is 40.3 Å². The van der Waals surface area contributed by atoms with Crippen LogP contribution >= 0.6 is 23.4 Å². The highest BCUT2D eigenvalue weighted by molar-refractivity contribution is 7.99. The van der Waals surface area contributed by atoms with Crippen LogP contribution in [0.3, 0.4) is 0 Å². The monoisotopic (exact) mass is 279 g/mol. The summed E-state index contributed by atoms with van der Waals surface area (Å²) in [5.74, 6) is 1.68. The maximum absolute atomic E-state index is 5.97. The second-order valence-electron chi connectivity index (χ2n) is 3.67. The number of hydrogen-bond acceptors (Lipinski definition) is 4. The lowest BCUT2D eigenvalue weighted by atomic mass is 10.4. The average molecular weight is 280 g/mol. The van der Waals surface area contributed by atoms with Gasteiger partial charge in [0.05, 0.1) is 0 Å². The molecule has 0 fully saturated rings. The van der Waals surface area contributed by atoms with Crippen LogP contribution in [0.4, 0.5) is 5.82 Å². The van der Waals surface area contributed by atoms with E-state index in [1.54, 1.807) is 11.8 Å². The third kappa shape index (κ3) is 3.37. The Labute approximate surface area is 116 Å². The van der Waals surface area contributed by atoms with Crippen LogP contribution in [0.25, 0.3) is 0 Å². The maximum atomic E-state index is 5.97. The average Bonchev–Trinajstić information content (AvgIpc) is 2.38. The van der Waals surface area contributed by atoms with Gasteiger partial charge < -0.3 is 5.32 Å². The fourth-order valence-electron chi connectivity index (χ4n) is 1.46. The van der Waals surface area contributed by atoms with E-state index in [-0.39, 0.29) is 0 Å². The lowest BCUT2D eigenvalue weighted by molar-refractivity contribution is 0.891. The van der Waals surface area contributed by atoms with Gasteiger partial charge in [-0.05, 0) is 18.2 Å². The Bertz CT molecular complexity index is 523. The topological polar surface area (TPSA) is 37.8 Å². The van der Waals surface area contributed by atoms with E-state index in [0.717, 1.165) is 33.0 Å². The Morgan fingerprint density at radius 1 is 1.28 bits per heavy atom. The number of nitrogens with one attached hydrogen (secondary N) is 1. The Balaban J connectivity index is 2.28. The number of rotatable bonds is 4. The predicted octanol–water partition coefficient (Wildman–Crippen LogP) is 3.89. The summed E-state index contributed by atoms with van der Waals surface area (Å²) < 4.78 is 0. The summed E-state index contributed by atoms with van der Waals surface area (Å²) in [6, 6.07) is 9.68. The molecule has 0 spiro atoms. The molecule has 2 aromatic rings. The van der Waals surface area contributed by atoms with Gasteiger partial charge in [0.15, 0.2) is 0 Å². The van der Waals surface area contributed by atoms with Crippen molar-refractivity contribution in [1.82, 2.24) is 9.97 Å². The lowest BCUT2D eigenvalue weighted by Gasteiger charge is -2.06. The minimum atomic E-state index is 0.735. The van der Waals surface area contributed by atoms with Gasteiger partial charge in [-0.3, -0.25) is 0 Å². The minimum Gasteiger partial charge on any atom is -0.373 e. The molecule has 1 heterocycles. The highest BCUT2D eigenvalue weighted by Crippen LogP contribution is 2.29. The van der Waals surface area contributed by atoms with E-state index in [0.29, 0.717) is 0 Å². The number of benzene rings is 1. The summed E-state index contributed by atoms with van der Waals surface area (Å²) in [6.45, 7) is 2.04. The van der Waals surface area contributed by atoms with Gasteiger partial charge in [-0.1, -0.05) is 36.4 Å². The molecule has 0 bridgehead atoms. The molecule has 5 heteroatoms. The fraction of sp³-hybridized carbons (Fsp3) is 0.231. The van der Waals surface area contributed by atoms with Crippen molar-refractivity contribution in [2.75, 3.05) is 12.4 Å². The molecular formula is C13H14ClN3S. The summed E-state index contributed by atoms with van der Waals surface area (Å²) in [7, 11) is 1.86. The smallest absolute Gasteiger partial charge is 0.131 e. The van der Waals surface area contributed by atoms with E-state index in [9.17, 15) is 0 Å². The lowest BCUT2D eigenvalue weighted by Crippen LogP contribution is -2.00. The molecule has 1 aromatic heterocycles. The second-order valence-corrected chi connectivity index (χ2v) is 5.20. The van der Waals surface area contributed by atoms with Crippen molar-refractivity contribution in [2.24, 2.45) is 0 Å². The van der Waals surface area contributed by atoms with Gasteiger partial charge in [0.1, 0.15) is 16.7 Å². The third-order valence-electron chi connectivity index (χ3n) is 2.34. The van der Waals surface area contributed by atoms with E-state index in [1.165, 1.54) is 0 Å². The quantitative estimate of drug-likeness (QED) is 0.862. The minimum absolute atomic E-state index is 0.735. The van der Waals surface area contributed by atoms with Crippen molar-refractivity contribution >= 4 is 29.2 Å². The Hall–Kier alpha value is -1.26. The van der Waals surface area contributed by atoms with Gasteiger partial charge in [-0.25, -0.2) is 9.97 Å². The number of anilines is 1. The van der Waals surface area contributed by atoms with Crippen LogP contribution in [0, 0.1) is 0 Å². The molecular weight excluding hydrogens is 266 g/mol. The molecule has 0 aliphatic carbocycles. The van der Waals surface area contributed by atoms with Gasteiger partial charge in [-0.2, -0.15) is 0 Å². The van der Waals surface area contributed by atoms with Gasteiger partial charge >= 0.3 is 0 Å². The SMILES string of the molecule is CCc1nc(NC)cc(Sc2cccc(Cl)c2)n1. The molecule has 2 rings (SSSR count). The zero-order chi connectivity index (χ0) is 13.0. The highest BCUT2D eigenvalue weighted by Gasteiger charge is 2.05. The number of hydrogen-bond donors (Lipinski definition) is 1. The van der Waals surface area contributed by atoms with Gasteiger partial charge in [0.25, 0.3) is 0 Å². The van der Waals surface area contributed by atoms with Crippen LogP contribution in [0.5, 0.6) is 0 Å². The molecule has 1 N–H and O–H groups in total. The van der Waals surface area contributed by atoms with Gasteiger partial charge in [0, 0.05) is 29.5 Å². The molecule has 0 radical (unpaired) electrons. The molecule has 0 saturated heterocycles. The first-order chi connectivity index (χ1) is 8.71.